The van der Waals surface area contributed by atoms with Crippen molar-refractivity contribution in [2.24, 2.45) is 0 Å². The van der Waals surface area contributed by atoms with Crippen LogP contribution in [0, 0.1) is 26.6 Å². The van der Waals surface area contributed by atoms with Crippen LogP contribution in [0.3, 0.4) is 0 Å². The molecule has 1 aliphatic heterocycles. The van der Waals surface area contributed by atoms with E-state index < -0.39 is 0 Å². The molecule has 0 unspecified atom stereocenters. The molecule has 4 heterocycles. The Morgan fingerprint density at radius 1 is 1.11 bits per heavy atom. The fraction of sp³-hybridized carbons (Fsp3) is 0.348. The summed E-state index contributed by atoms with van der Waals surface area (Å²) >= 11 is 0. The number of piperidine rings is 1. The molecule has 12 nitrogen and oxygen atoms in total. The van der Waals surface area contributed by atoms with E-state index in [1.165, 1.54) is 6.33 Å². The van der Waals surface area contributed by atoms with Gasteiger partial charge in [-0.05, 0) is 73.2 Å². The molecule has 0 saturated carbocycles. The van der Waals surface area contributed by atoms with Gasteiger partial charge in [0.25, 0.3) is 0 Å². The zero-order valence-electron chi connectivity index (χ0n) is 20.2. The summed E-state index contributed by atoms with van der Waals surface area (Å²) in [7, 11) is 0. The summed E-state index contributed by atoms with van der Waals surface area (Å²) in [5.74, 6) is 1.25. The van der Waals surface area contributed by atoms with E-state index in [-0.39, 0.29) is 23.7 Å². The molecule has 1 amide bonds. The largest absolute Gasteiger partial charge is 0.347 e. The molecule has 0 aliphatic carbocycles. The molecular weight excluding hydrogens is 465 g/mol. The number of carbonyl (C=O) groups excluding carboxylic acids is 1. The second kappa shape index (κ2) is 9.68. The molecule has 1 fully saturated rings. The number of benzene rings is 1. The van der Waals surface area contributed by atoms with Gasteiger partial charge in [0.1, 0.15) is 18.0 Å². The highest BCUT2D eigenvalue weighted by molar-refractivity contribution is 5.75. The molecule has 0 atom stereocenters. The van der Waals surface area contributed by atoms with E-state index in [2.05, 4.69) is 46.3 Å². The van der Waals surface area contributed by atoms with Gasteiger partial charge in [0, 0.05) is 36.6 Å². The highest BCUT2D eigenvalue weighted by Gasteiger charge is 2.27. The first-order chi connectivity index (χ1) is 17.4. The van der Waals surface area contributed by atoms with Gasteiger partial charge in [-0.25, -0.2) is 14.2 Å². The molecular formula is C23H26FN11O. The van der Waals surface area contributed by atoms with E-state index in [4.69, 9.17) is 0 Å². The molecule has 0 radical (unpaired) electrons. The summed E-state index contributed by atoms with van der Waals surface area (Å²) < 4.78 is 16.3. The standard InChI is InChI=1S/C23H26FN11O/c1-13-8-19(27-22-25-11-14(2)21(29-22)28-20-9-15(3)30-31-20)18(24)10-17(13)16-4-6-34(7-5-16)23(36)35-12-26-32-33-35/h8-12,16H,4-7H2,1-3H3,(H3,25,27,28,29,30,31). The maximum atomic E-state index is 15.2. The predicted octanol–water partition coefficient (Wildman–Crippen LogP) is 3.59. The molecule has 1 saturated heterocycles. The van der Waals surface area contributed by atoms with Gasteiger partial charge in [0.05, 0.1) is 5.69 Å². The number of aromatic nitrogens is 8. The number of hydrogen-bond acceptors (Lipinski definition) is 9. The summed E-state index contributed by atoms with van der Waals surface area (Å²) in [6.45, 7) is 6.85. The van der Waals surface area contributed by atoms with Crippen LogP contribution in [-0.2, 0) is 0 Å². The Kier molecular flexibility index (Phi) is 6.27. The molecule has 4 aromatic rings. The second-order valence-electron chi connectivity index (χ2n) is 8.90. The Morgan fingerprint density at radius 3 is 2.61 bits per heavy atom. The van der Waals surface area contributed by atoms with Crippen molar-refractivity contribution < 1.29 is 9.18 Å². The van der Waals surface area contributed by atoms with Crippen LogP contribution in [0.4, 0.5) is 32.5 Å². The number of anilines is 4. The minimum atomic E-state index is -0.385. The number of amides is 1. The van der Waals surface area contributed by atoms with Gasteiger partial charge < -0.3 is 15.5 Å². The van der Waals surface area contributed by atoms with Crippen molar-refractivity contribution >= 4 is 29.3 Å². The highest BCUT2D eigenvalue weighted by atomic mass is 19.1. The van der Waals surface area contributed by atoms with Gasteiger partial charge in [-0.2, -0.15) is 10.1 Å². The lowest BCUT2D eigenvalue weighted by atomic mass is 9.86. The Morgan fingerprint density at radius 2 is 1.92 bits per heavy atom. The van der Waals surface area contributed by atoms with Crippen molar-refractivity contribution in [2.45, 2.75) is 39.5 Å². The van der Waals surface area contributed by atoms with Crippen LogP contribution in [0.5, 0.6) is 0 Å². The van der Waals surface area contributed by atoms with Crippen LogP contribution in [0.15, 0.2) is 30.7 Å². The van der Waals surface area contributed by atoms with Gasteiger partial charge in [-0.1, -0.05) is 0 Å². The van der Waals surface area contributed by atoms with Gasteiger partial charge in [0.2, 0.25) is 5.95 Å². The number of likely N-dealkylation sites (tertiary alicyclic amines) is 1. The number of tetrazole rings is 1. The smallest absolute Gasteiger partial charge is 0.323 e. The lowest BCUT2D eigenvalue weighted by Crippen LogP contribution is -2.40. The molecule has 0 bridgehead atoms. The molecule has 186 valence electrons. The number of nitrogens with one attached hydrogen (secondary N) is 3. The van der Waals surface area contributed by atoms with Crippen molar-refractivity contribution in [1.82, 2.24) is 45.3 Å². The van der Waals surface area contributed by atoms with Crippen LogP contribution in [0.1, 0.15) is 41.1 Å². The lowest BCUT2D eigenvalue weighted by Gasteiger charge is -2.32. The molecule has 36 heavy (non-hydrogen) atoms. The van der Waals surface area contributed by atoms with Gasteiger partial charge in [-0.15, -0.1) is 9.78 Å². The number of hydrogen-bond donors (Lipinski definition) is 3. The fourth-order valence-corrected chi connectivity index (χ4v) is 4.36. The SMILES string of the molecule is Cc1cc(Nc2nc(Nc3cc(C)c(C4CCN(C(=O)n5cnnn5)CC4)cc3F)ncc2C)n[nH]1. The average molecular weight is 492 g/mol. The zero-order chi connectivity index (χ0) is 25.2. The van der Waals surface area contributed by atoms with Gasteiger partial charge in [0.15, 0.2) is 5.82 Å². The lowest BCUT2D eigenvalue weighted by molar-refractivity contribution is 0.179. The minimum absolute atomic E-state index is 0.148. The van der Waals surface area contributed by atoms with Crippen LogP contribution in [-0.4, -0.2) is 64.4 Å². The van der Waals surface area contributed by atoms with E-state index in [0.29, 0.717) is 30.4 Å². The molecule has 13 heteroatoms. The minimum Gasteiger partial charge on any atom is -0.323 e. The molecule has 3 N–H and O–H groups in total. The van der Waals surface area contributed by atoms with Crippen LogP contribution in [0.2, 0.25) is 0 Å². The molecule has 3 aromatic heterocycles. The van der Waals surface area contributed by atoms with E-state index in [1.54, 1.807) is 23.2 Å². The van der Waals surface area contributed by atoms with Crippen molar-refractivity contribution in [2.75, 3.05) is 23.7 Å². The number of H-pyrrole nitrogens is 1. The zero-order valence-corrected chi connectivity index (χ0v) is 20.2. The maximum absolute atomic E-state index is 15.2. The first kappa shape index (κ1) is 23.3. The van der Waals surface area contributed by atoms with Crippen LogP contribution < -0.4 is 10.6 Å². The average Bonchev–Trinajstić information content (AvgIpc) is 3.55. The summed E-state index contributed by atoms with van der Waals surface area (Å²) in [6.07, 6.45) is 4.41. The third-order valence-electron chi connectivity index (χ3n) is 6.28. The first-order valence-corrected chi connectivity index (χ1v) is 11.6. The summed E-state index contributed by atoms with van der Waals surface area (Å²) in [4.78, 5) is 22.9. The molecule has 1 aliphatic rings. The second-order valence-corrected chi connectivity index (χ2v) is 8.90. The van der Waals surface area contributed by atoms with Gasteiger partial charge >= 0.3 is 6.03 Å². The number of nitrogens with zero attached hydrogens (tertiary/aromatic N) is 8. The van der Waals surface area contributed by atoms with Crippen LogP contribution in [0.25, 0.3) is 0 Å². The van der Waals surface area contributed by atoms with E-state index in [0.717, 1.165) is 39.9 Å². The maximum Gasteiger partial charge on any atom is 0.347 e. The summed E-state index contributed by atoms with van der Waals surface area (Å²) in [5, 5.41) is 23.9. The number of aryl methyl sites for hydroxylation is 3. The Hall–Kier alpha value is -4.42. The predicted molar refractivity (Wildman–Crippen MR) is 130 cm³/mol. The molecule has 1 aromatic carbocycles. The number of halogens is 1. The number of aromatic amines is 1. The third-order valence-corrected chi connectivity index (χ3v) is 6.28. The quantitative estimate of drug-likeness (QED) is 0.357. The summed E-state index contributed by atoms with van der Waals surface area (Å²) in [5.41, 5.74) is 3.95. The topological polar surface area (TPSA) is 142 Å². The highest BCUT2D eigenvalue weighted by Crippen LogP contribution is 2.33. The molecule has 5 rings (SSSR count). The van der Waals surface area contributed by atoms with Crippen molar-refractivity contribution in [3.63, 3.8) is 0 Å². The van der Waals surface area contributed by atoms with E-state index >= 15 is 4.39 Å². The Bertz CT molecular complexity index is 1380. The number of rotatable bonds is 5. The third kappa shape index (κ3) is 4.85. The van der Waals surface area contributed by atoms with Crippen molar-refractivity contribution in [1.29, 1.82) is 0 Å². The van der Waals surface area contributed by atoms with Crippen molar-refractivity contribution in [3.8, 4) is 0 Å². The van der Waals surface area contributed by atoms with Gasteiger partial charge in [-0.3, -0.25) is 5.10 Å². The Labute approximate surface area is 206 Å². The molecule has 0 spiro atoms. The first-order valence-electron chi connectivity index (χ1n) is 11.6. The normalized spacial score (nSPS) is 14.2. The fourth-order valence-electron chi connectivity index (χ4n) is 4.36. The van der Waals surface area contributed by atoms with Crippen molar-refractivity contribution in [3.05, 3.63) is 58.9 Å². The Balaban J connectivity index is 1.27. The van der Waals surface area contributed by atoms with E-state index in [1.807, 2.05) is 26.8 Å². The monoisotopic (exact) mass is 491 g/mol. The summed E-state index contributed by atoms with van der Waals surface area (Å²) in [6, 6.07) is 4.95. The number of carbonyl (C=O) groups is 1. The van der Waals surface area contributed by atoms with Crippen LogP contribution >= 0.6 is 0 Å². The van der Waals surface area contributed by atoms with E-state index in [9.17, 15) is 4.79 Å².